The summed E-state index contributed by atoms with van der Waals surface area (Å²) in [6, 6.07) is 2.19. The van der Waals surface area contributed by atoms with Crippen LogP contribution >= 0.6 is 27.3 Å². The zero-order valence-corrected chi connectivity index (χ0v) is 11.8. The summed E-state index contributed by atoms with van der Waals surface area (Å²) < 4.78 is 6.55. The molecule has 1 aromatic rings. The molecule has 0 aliphatic carbocycles. The first-order chi connectivity index (χ1) is 7.04. The summed E-state index contributed by atoms with van der Waals surface area (Å²) >= 11 is 5.18. The highest BCUT2D eigenvalue weighted by molar-refractivity contribution is 9.10. The predicted octanol–water partition coefficient (Wildman–Crippen LogP) is 3.05. The Morgan fingerprint density at radius 1 is 1.53 bits per heavy atom. The molecule has 86 valence electrons. The number of halogens is 1. The fourth-order valence-corrected chi connectivity index (χ4v) is 3.27. The lowest BCUT2D eigenvalue weighted by atomic mass is 9.97. The van der Waals surface area contributed by atoms with Gasteiger partial charge in [0.25, 0.3) is 0 Å². The molecular formula is C11H18BrNOS. The third kappa shape index (κ3) is 3.87. The van der Waals surface area contributed by atoms with E-state index in [9.17, 15) is 0 Å². The van der Waals surface area contributed by atoms with Crippen LogP contribution in [0.15, 0.2) is 15.9 Å². The number of thiophene rings is 1. The van der Waals surface area contributed by atoms with E-state index in [1.165, 1.54) is 4.88 Å². The molecule has 0 fully saturated rings. The van der Waals surface area contributed by atoms with Gasteiger partial charge in [-0.15, -0.1) is 11.3 Å². The van der Waals surface area contributed by atoms with Crippen LogP contribution < -0.4 is 5.73 Å². The quantitative estimate of drug-likeness (QED) is 0.905. The third-order valence-corrected chi connectivity index (χ3v) is 4.13. The van der Waals surface area contributed by atoms with E-state index < -0.39 is 0 Å². The Kier molecular flexibility index (Phi) is 5.26. The Balaban J connectivity index is 2.57. The fourth-order valence-electron chi connectivity index (χ4n) is 1.75. The van der Waals surface area contributed by atoms with Crippen molar-refractivity contribution in [3.05, 3.63) is 20.8 Å². The molecule has 0 aliphatic rings. The highest BCUT2D eigenvalue weighted by atomic mass is 79.9. The molecule has 4 heteroatoms. The van der Waals surface area contributed by atoms with Gasteiger partial charge in [-0.05, 0) is 34.3 Å². The van der Waals surface area contributed by atoms with Crippen LogP contribution in [0.5, 0.6) is 0 Å². The summed E-state index contributed by atoms with van der Waals surface area (Å²) in [5.74, 6) is 0.452. The number of nitrogens with two attached hydrogens (primary N) is 1. The van der Waals surface area contributed by atoms with E-state index in [1.54, 1.807) is 18.4 Å². The number of methoxy groups -OCH3 is 1. The van der Waals surface area contributed by atoms with Gasteiger partial charge in [-0.2, -0.15) is 0 Å². The number of ether oxygens (including phenoxy) is 1. The van der Waals surface area contributed by atoms with Gasteiger partial charge in [0.05, 0.1) is 6.10 Å². The summed E-state index contributed by atoms with van der Waals surface area (Å²) in [4.78, 5) is 1.30. The van der Waals surface area contributed by atoms with Crippen molar-refractivity contribution in [3.63, 3.8) is 0 Å². The maximum absolute atomic E-state index is 6.14. The zero-order valence-electron chi connectivity index (χ0n) is 9.37. The van der Waals surface area contributed by atoms with E-state index in [4.69, 9.17) is 10.5 Å². The molecule has 0 saturated heterocycles. The standard InChI is InChI=1S/C11H18BrNOS/c1-7(2)11(14-3)10(13)5-9-4-8(12)6-15-9/h4,6-7,10-11H,5,13H2,1-3H3. The van der Waals surface area contributed by atoms with Crippen LogP contribution in [0.3, 0.4) is 0 Å². The first-order valence-corrected chi connectivity index (χ1v) is 6.73. The lowest BCUT2D eigenvalue weighted by Gasteiger charge is -2.25. The van der Waals surface area contributed by atoms with Crippen LogP contribution in [0.4, 0.5) is 0 Å². The molecular weight excluding hydrogens is 274 g/mol. The molecule has 0 aliphatic heterocycles. The second-order valence-corrected chi connectivity index (χ2v) is 5.96. The smallest absolute Gasteiger partial charge is 0.0748 e. The van der Waals surface area contributed by atoms with Crippen LogP contribution in [-0.4, -0.2) is 19.3 Å². The van der Waals surface area contributed by atoms with E-state index in [2.05, 4.69) is 41.2 Å². The number of hydrogen-bond donors (Lipinski definition) is 1. The Bertz CT molecular complexity index is 301. The average Bonchev–Trinajstić information content (AvgIpc) is 2.51. The minimum absolute atomic E-state index is 0.0700. The van der Waals surface area contributed by atoms with Gasteiger partial charge in [-0.1, -0.05) is 13.8 Å². The molecule has 1 heterocycles. The van der Waals surface area contributed by atoms with E-state index >= 15 is 0 Å². The Morgan fingerprint density at radius 3 is 2.60 bits per heavy atom. The van der Waals surface area contributed by atoms with E-state index in [0.717, 1.165) is 10.9 Å². The van der Waals surface area contributed by atoms with Gasteiger partial charge >= 0.3 is 0 Å². The lowest BCUT2D eigenvalue weighted by molar-refractivity contribution is 0.0443. The van der Waals surface area contributed by atoms with Gasteiger partial charge in [-0.25, -0.2) is 0 Å². The van der Waals surface area contributed by atoms with Gasteiger partial charge in [0.2, 0.25) is 0 Å². The summed E-state index contributed by atoms with van der Waals surface area (Å²) in [7, 11) is 1.73. The number of hydrogen-bond acceptors (Lipinski definition) is 3. The molecule has 2 unspecified atom stereocenters. The van der Waals surface area contributed by atoms with Crippen molar-refractivity contribution >= 4 is 27.3 Å². The molecule has 0 aromatic carbocycles. The second kappa shape index (κ2) is 5.99. The third-order valence-electron chi connectivity index (χ3n) is 2.41. The van der Waals surface area contributed by atoms with E-state index in [-0.39, 0.29) is 12.1 Å². The van der Waals surface area contributed by atoms with Crippen molar-refractivity contribution in [3.8, 4) is 0 Å². The first kappa shape index (κ1) is 13.2. The van der Waals surface area contributed by atoms with Crippen LogP contribution in [0.2, 0.25) is 0 Å². The van der Waals surface area contributed by atoms with Crippen molar-refractivity contribution < 1.29 is 4.74 Å². The van der Waals surface area contributed by atoms with E-state index in [1.807, 2.05) is 0 Å². The minimum atomic E-state index is 0.0700. The molecule has 2 N–H and O–H groups in total. The number of rotatable bonds is 5. The van der Waals surface area contributed by atoms with Crippen LogP contribution in [-0.2, 0) is 11.2 Å². The molecule has 15 heavy (non-hydrogen) atoms. The topological polar surface area (TPSA) is 35.2 Å². The SMILES string of the molecule is COC(C(C)C)C(N)Cc1cc(Br)cs1. The van der Waals surface area contributed by atoms with Crippen molar-refractivity contribution in [1.29, 1.82) is 0 Å². The molecule has 0 saturated carbocycles. The van der Waals surface area contributed by atoms with Gasteiger partial charge in [0, 0.05) is 27.9 Å². The molecule has 1 aromatic heterocycles. The van der Waals surface area contributed by atoms with Gasteiger partial charge in [0.1, 0.15) is 0 Å². The first-order valence-electron chi connectivity index (χ1n) is 5.06. The van der Waals surface area contributed by atoms with Crippen LogP contribution in [0, 0.1) is 5.92 Å². The Morgan fingerprint density at radius 2 is 2.20 bits per heavy atom. The maximum atomic E-state index is 6.14. The second-order valence-electron chi connectivity index (χ2n) is 4.04. The van der Waals surface area contributed by atoms with Gasteiger partial charge in [-0.3, -0.25) is 0 Å². The molecule has 1 rings (SSSR count). The van der Waals surface area contributed by atoms with Gasteiger partial charge < -0.3 is 10.5 Å². The summed E-state index contributed by atoms with van der Waals surface area (Å²) in [6.07, 6.45) is 1.01. The Hall–Kier alpha value is 0.1000. The molecule has 0 radical (unpaired) electrons. The molecule has 0 spiro atoms. The Labute approximate surface area is 104 Å². The monoisotopic (exact) mass is 291 g/mol. The lowest BCUT2D eigenvalue weighted by Crippen LogP contribution is -2.41. The molecule has 2 atom stereocenters. The predicted molar refractivity (Wildman–Crippen MR) is 69.3 cm³/mol. The molecule has 2 nitrogen and oxygen atoms in total. The molecule has 0 bridgehead atoms. The minimum Gasteiger partial charge on any atom is -0.380 e. The summed E-state index contributed by atoms with van der Waals surface area (Å²) in [6.45, 7) is 4.27. The fraction of sp³-hybridized carbons (Fsp3) is 0.636. The van der Waals surface area contributed by atoms with Crippen LogP contribution in [0.25, 0.3) is 0 Å². The highest BCUT2D eigenvalue weighted by Crippen LogP contribution is 2.22. The van der Waals surface area contributed by atoms with Gasteiger partial charge in [0.15, 0.2) is 0 Å². The van der Waals surface area contributed by atoms with Crippen molar-refractivity contribution in [2.24, 2.45) is 11.7 Å². The van der Waals surface area contributed by atoms with Crippen molar-refractivity contribution in [1.82, 2.24) is 0 Å². The average molecular weight is 292 g/mol. The van der Waals surface area contributed by atoms with Crippen molar-refractivity contribution in [2.45, 2.75) is 32.4 Å². The highest BCUT2D eigenvalue weighted by Gasteiger charge is 2.21. The maximum Gasteiger partial charge on any atom is 0.0748 e. The molecule has 0 amide bonds. The summed E-state index contributed by atoms with van der Waals surface area (Å²) in [5.41, 5.74) is 6.14. The normalized spacial score (nSPS) is 15.6. The van der Waals surface area contributed by atoms with Crippen molar-refractivity contribution in [2.75, 3.05) is 7.11 Å². The zero-order chi connectivity index (χ0) is 11.4. The summed E-state index contributed by atoms with van der Waals surface area (Å²) in [5, 5.41) is 2.08. The largest absolute Gasteiger partial charge is 0.380 e. The van der Waals surface area contributed by atoms with Crippen LogP contribution in [0.1, 0.15) is 18.7 Å². The van der Waals surface area contributed by atoms with E-state index in [0.29, 0.717) is 5.92 Å².